The molecule has 1 aliphatic rings. The number of alkyl halides is 5. The third-order valence-corrected chi connectivity index (χ3v) is 4.91. The van der Waals surface area contributed by atoms with Gasteiger partial charge in [0, 0.05) is 6.07 Å². The van der Waals surface area contributed by atoms with Crippen LogP contribution in [0.2, 0.25) is 0 Å². The summed E-state index contributed by atoms with van der Waals surface area (Å²) in [6, 6.07) is 2.56. The van der Waals surface area contributed by atoms with Gasteiger partial charge in [-0.05, 0) is 29.8 Å². The van der Waals surface area contributed by atoms with E-state index in [1.165, 1.54) is 4.72 Å². The minimum Gasteiger partial charge on any atom is -0.395 e. The predicted octanol–water partition coefficient (Wildman–Crippen LogP) is 3.73. The quantitative estimate of drug-likeness (QED) is 0.776. The molecule has 1 atom stereocenters. The van der Waals surface area contributed by atoms with Crippen LogP contribution < -0.4 is 14.2 Å². The Bertz CT molecular complexity index is 959. The summed E-state index contributed by atoms with van der Waals surface area (Å²) in [5.41, 5.74) is -0.556. The van der Waals surface area contributed by atoms with Gasteiger partial charge in [0.05, 0.1) is 4.90 Å². The Balaban J connectivity index is 1.93. The van der Waals surface area contributed by atoms with E-state index in [1.807, 2.05) is 0 Å². The van der Waals surface area contributed by atoms with Crippen LogP contribution >= 0.6 is 0 Å². The molecule has 2 aromatic carbocycles. The number of rotatable bonds is 4. The molecular weight excluding hydrogens is 404 g/mol. The van der Waals surface area contributed by atoms with E-state index in [9.17, 15) is 34.8 Å². The Morgan fingerprint density at radius 3 is 2.15 bits per heavy atom. The van der Waals surface area contributed by atoms with Gasteiger partial charge < -0.3 is 9.47 Å². The number of ether oxygens (including phenoxy) is 2. The monoisotopic (exact) mass is 413 g/mol. The largest absolute Gasteiger partial charge is 0.586 e. The lowest BCUT2D eigenvalue weighted by molar-refractivity contribution is -0.286. The van der Waals surface area contributed by atoms with Crippen LogP contribution in [0, 0.1) is 5.82 Å². The van der Waals surface area contributed by atoms with Crippen LogP contribution in [-0.2, 0) is 10.0 Å². The third kappa shape index (κ3) is 4.11. The molecule has 1 unspecified atom stereocenters. The van der Waals surface area contributed by atoms with Gasteiger partial charge in [0.2, 0.25) is 10.0 Å². The van der Waals surface area contributed by atoms with Gasteiger partial charge in [-0.2, -0.15) is 17.9 Å². The maximum atomic E-state index is 13.3. The summed E-state index contributed by atoms with van der Waals surface area (Å²) in [5.74, 6) is -1.92. The van der Waals surface area contributed by atoms with Crippen LogP contribution in [0.3, 0.4) is 0 Å². The number of benzene rings is 2. The first-order valence-corrected chi connectivity index (χ1v) is 8.60. The fraction of sp³-hybridized carbons (Fsp3) is 0.200. The van der Waals surface area contributed by atoms with Gasteiger partial charge in [-0.3, -0.25) is 0 Å². The normalized spacial score (nSPS) is 17.0. The first-order chi connectivity index (χ1) is 12.4. The van der Waals surface area contributed by atoms with Crippen LogP contribution in [-0.4, -0.2) is 20.9 Å². The first kappa shape index (κ1) is 19.3. The van der Waals surface area contributed by atoms with E-state index in [0.29, 0.717) is 6.07 Å². The number of hydrogen-bond donors (Lipinski definition) is 1. The lowest BCUT2D eigenvalue weighted by Gasteiger charge is -2.22. The second-order valence-corrected chi connectivity index (χ2v) is 7.14. The van der Waals surface area contributed by atoms with Crippen molar-refractivity contribution >= 4 is 10.0 Å². The van der Waals surface area contributed by atoms with Crippen molar-refractivity contribution < 1.29 is 44.2 Å². The maximum Gasteiger partial charge on any atom is 0.586 e. The Labute approximate surface area is 148 Å². The number of halogens is 6. The Morgan fingerprint density at radius 1 is 0.963 bits per heavy atom. The average Bonchev–Trinajstić information content (AvgIpc) is 2.85. The molecule has 0 radical (unpaired) electrons. The Hall–Kier alpha value is -2.47. The number of nitrogens with one attached hydrogen (secondary N) is 1. The summed E-state index contributed by atoms with van der Waals surface area (Å²) in [7, 11) is -4.80. The van der Waals surface area contributed by atoms with Gasteiger partial charge in [-0.15, -0.1) is 8.78 Å². The summed E-state index contributed by atoms with van der Waals surface area (Å²) in [4.78, 5) is -0.751. The second kappa shape index (κ2) is 6.30. The third-order valence-electron chi connectivity index (χ3n) is 3.49. The van der Waals surface area contributed by atoms with Gasteiger partial charge in [-0.1, -0.05) is 12.1 Å². The SMILES string of the molecule is O=S(=O)(NC(c1ccc(F)cc1)C(F)(F)F)c1ccc2c(c1)OC(F)(F)O2. The van der Waals surface area contributed by atoms with Crippen molar-refractivity contribution in [3.8, 4) is 11.5 Å². The lowest BCUT2D eigenvalue weighted by atomic mass is 10.1. The summed E-state index contributed by atoms with van der Waals surface area (Å²) < 4.78 is 113. The Morgan fingerprint density at radius 2 is 1.56 bits per heavy atom. The maximum absolute atomic E-state index is 13.3. The molecule has 27 heavy (non-hydrogen) atoms. The highest BCUT2D eigenvalue weighted by Crippen LogP contribution is 2.42. The van der Waals surface area contributed by atoms with Crippen LogP contribution in [0.15, 0.2) is 47.4 Å². The number of hydrogen-bond acceptors (Lipinski definition) is 4. The Kier molecular flexibility index (Phi) is 4.50. The van der Waals surface area contributed by atoms with Crippen molar-refractivity contribution in [2.24, 2.45) is 0 Å². The predicted molar refractivity (Wildman–Crippen MR) is 78.2 cm³/mol. The van der Waals surface area contributed by atoms with Crippen molar-refractivity contribution in [1.29, 1.82) is 0 Å². The summed E-state index contributed by atoms with van der Waals surface area (Å²) >= 11 is 0. The molecule has 1 aliphatic heterocycles. The van der Waals surface area contributed by atoms with Gasteiger partial charge in [0.1, 0.15) is 11.9 Å². The summed E-state index contributed by atoms with van der Waals surface area (Å²) in [6.45, 7) is 0. The van der Waals surface area contributed by atoms with Crippen LogP contribution in [0.1, 0.15) is 11.6 Å². The van der Waals surface area contributed by atoms with E-state index in [1.54, 1.807) is 0 Å². The van der Waals surface area contributed by atoms with Crippen molar-refractivity contribution in [1.82, 2.24) is 4.72 Å². The fourth-order valence-electron chi connectivity index (χ4n) is 2.30. The van der Waals surface area contributed by atoms with E-state index < -0.39 is 56.3 Å². The molecule has 12 heteroatoms. The smallest absolute Gasteiger partial charge is 0.395 e. The molecule has 0 amide bonds. The molecule has 0 fully saturated rings. The van der Waals surface area contributed by atoms with Gasteiger partial charge >= 0.3 is 12.5 Å². The van der Waals surface area contributed by atoms with Gasteiger partial charge in [0.25, 0.3) is 0 Å². The molecule has 1 heterocycles. The molecule has 1 N–H and O–H groups in total. The minimum absolute atomic E-state index is 0.468. The summed E-state index contributed by atoms with van der Waals surface area (Å²) in [6.07, 6.45) is -9.06. The number of fused-ring (bicyclic) bond motifs is 1. The molecule has 5 nitrogen and oxygen atoms in total. The van der Waals surface area contributed by atoms with Crippen molar-refractivity contribution in [3.05, 3.63) is 53.8 Å². The van der Waals surface area contributed by atoms with E-state index in [2.05, 4.69) is 9.47 Å². The van der Waals surface area contributed by atoms with E-state index in [0.717, 1.165) is 36.4 Å². The second-order valence-electron chi connectivity index (χ2n) is 5.42. The molecule has 0 saturated heterocycles. The molecule has 0 bridgehead atoms. The van der Waals surface area contributed by atoms with Crippen LogP contribution in [0.4, 0.5) is 26.3 Å². The van der Waals surface area contributed by atoms with Crippen LogP contribution in [0.5, 0.6) is 11.5 Å². The highest BCUT2D eigenvalue weighted by atomic mass is 32.2. The zero-order valence-electron chi connectivity index (χ0n) is 12.9. The van der Waals surface area contributed by atoms with Crippen molar-refractivity contribution in [2.45, 2.75) is 23.4 Å². The van der Waals surface area contributed by atoms with Crippen LogP contribution in [0.25, 0.3) is 0 Å². The van der Waals surface area contributed by atoms with Crippen molar-refractivity contribution in [2.75, 3.05) is 0 Å². The van der Waals surface area contributed by atoms with E-state index >= 15 is 0 Å². The molecule has 0 aromatic heterocycles. The zero-order chi connectivity index (χ0) is 20.0. The highest BCUT2D eigenvalue weighted by Gasteiger charge is 2.45. The molecule has 0 spiro atoms. The molecule has 3 rings (SSSR count). The molecule has 2 aromatic rings. The fourth-order valence-corrected chi connectivity index (χ4v) is 3.52. The summed E-state index contributed by atoms with van der Waals surface area (Å²) in [5, 5.41) is 0. The van der Waals surface area contributed by atoms with E-state index in [4.69, 9.17) is 0 Å². The standard InChI is InChI=1S/C15H9F6NO4S/c16-9-3-1-8(2-4-9)13(14(17,18)19)22-27(23,24)10-5-6-11-12(7-10)26-15(20,21)25-11/h1-7,13,22H. The first-order valence-electron chi connectivity index (χ1n) is 7.12. The van der Waals surface area contributed by atoms with Gasteiger partial charge in [-0.25, -0.2) is 12.8 Å². The lowest BCUT2D eigenvalue weighted by Crippen LogP contribution is -2.38. The van der Waals surface area contributed by atoms with Gasteiger partial charge in [0.15, 0.2) is 11.5 Å². The van der Waals surface area contributed by atoms with E-state index in [-0.39, 0.29) is 0 Å². The highest BCUT2D eigenvalue weighted by molar-refractivity contribution is 7.89. The van der Waals surface area contributed by atoms with Crippen molar-refractivity contribution in [3.63, 3.8) is 0 Å². The zero-order valence-corrected chi connectivity index (χ0v) is 13.7. The molecule has 0 saturated carbocycles. The molecule has 146 valence electrons. The number of sulfonamides is 1. The topological polar surface area (TPSA) is 64.6 Å². The molecule has 0 aliphatic carbocycles. The average molecular weight is 413 g/mol. The molecular formula is C15H9F6NO4S. The minimum atomic E-state index is -5.05.